The van der Waals surface area contributed by atoms with Crippen LogP contribution in [0, 0.1) is 0 Å². The molecule has 2 saturated heterocycles. The first-order valence-electron chi connectivity index (χ1n) is 8.30. The maximum Gasteiger partial charge on any atom is 0.254 e. The number of ether oxygens (including phenoxy) is 1. The summed E-state index contributed by atoms with van der Waals surface area (Å²) in [7, 11) is 0. The maximum atomic E-state index is 12.8. The van der Waals surface area contributed by atoms with Crippen LogP contribution >= 0.6 is 0 Å². The van der Waals surface area contributed by atoms with Gasteiger partial charge >= 0.3 is 0 Å². The zero-order chi connectivity index (χ0) is 16.5. The number of aromatic amines is 1. The lowest BCUT2D eigenvalue weighted by Crippen LogP contribution is -2.49. The molecule has 2 bridgehead atoms. The first-order chi connectivity index (χ1) is 11.7. The SMILES string of the molecule is O=C(c1cc[nH]c(=O)c1)N1C2CCC1CC(Oc1ccccn1)C2. The van der Waals surface area contributed by atoms with Crippen LogP contribution < -0.4 is 10.3 Å². The van der Waals surface area contributed by atoms with E-state index in [0.717, 1.165) is 25.7 Å². The molecule has 2 aliphatic heterocycles. The highest BCUT2D eigenvalue weighted by Gasteiger charge is 2.44. The van der Waals surface area contributed by atoms with E-state index in [1.165, 1.54) is 12.3 Å². The molecule has 2 atom stereocenters. The third kappa shape index (κ3) is 2.79. The van der Waals surface area contributed by atoms with E-state index in [-0.39, 0.29) is 29.7 Å². The van der Waals surface area contributed by atoms with Crippen molar-refractivity contribution in [3.8, 4) is 5.88 Å². The molecular formula is C18H19N3O3. The Hall–Kier alpha value is -2.63. The highest BCUT2D eigenvalue weighted by molar-refractivity contribution is 5.94. The molecule has 2 aromatic rings. The molecule has 0 saturated carbocycles. The maximum absolute atomic E-state index is 12.8. The van der Waals surface area contributed by atoms with Crippen LogP contribution in [0.3, 0.4) is 0 Å². The third-order valence-corrected chi connectivity index (χ3v) is 4.87. The molecule has 124 valence electrons. The lowest BCUT2D eigenvalue weighted by Gasteiger charge is -2.38. The van der Waals surface area contributed by atoms with Crippen molar-refractivity contribution in [2.75, 3.05) is 0 Å². The van der Waals surface area contributed by atoms with Gasteiger partial charge in [-0.3, -0.25) is 9.59 Å². The van der Waals surface area contributed by atoms with Crippen molar-refractivity contribution in [2.24, 2.45) is 0 Å². The van der Waals surface area contributed by atoms with Crippen LogP contribution in [0.5, 0.6) is 5.88 Å². The molecule has 1 N–H and O–H groups in total. The molecule has 0 spiro atoms. The molecule has 2 aliphatic rings. The lowest BCUT2D eigenvalue weighted by molar-refractivity contribution is 0.0348. The molecule has 1 amide bonds. The zero-order valence-electron chi connectivity index (χ0n) is 13.2. The summed E-state index contributed by atoms with van der Waals surface area (Å²) in [5, 5.41) is 0. The van der Waals surface area contributed by atoms with Gasteiger partial charge in [0.2, 0.25) is 11.4 Å². The summed E-state index contributed by atoms with van der Waals surface area (Å²) in [6.45, 7) is 0. The fourth-order valence-electron chi connectivity index (χ4n) is 3.87. The highest BCUT2D eigenvalue weighted by Crippen LogP contribution is 2.37. The van der Waals surface area contributed by atoms with Gasteiger partial charge < -0.3 is 14.6 Å². The fourth-order valence-corrected chi connectivity index (χ4v) is 3.87. The summed E-state index contributed by atoms with van der Waals surface area (Å²) in [4.78, 5) is 33.0. The van der Waals surface area contributed by atoms with E-state index >= 15 is 0 Å². The van der Waals surface area contributed by atoms with E-state index in [4.69, 9.17) is 4.74 Å². The third-order valence-electron chi connectivity index (χ3n) is 4.87. The minimum atomic E-state index is -0.249. The number of fused-ring (bicyclic) bond motifs is 2. The van der Waals surface area contributed by atoms with Crippen LogP contribution in [-0.2, 0) is 0 Å². The summed E-state index contributed by atoms with van der Waals surface area (Å²) in [5.41, 5.74) is 0.210. The van der Waals surface area contributed by atoms with E-state index in [9.17, 15) is 9.59 Å². The summed E-state index contributed by atoms with van der Waals surface area (Å²) >= 11 is 0. The Labute approximate surface area is 139 Å². The van der Waals surface area contributed by atoms with Gasteiger partial charge in [-0.25, -0.2) is 4.98 Å². The Balaban J connectivity index is 1.49. The van der Waals surface area contributed by atoms with E-state index in [0.29, 0.717) is 11.4 Å². The molecule has 0 radical (unpaired) electrons. The Kier molecular flexibility index (Phi) is 3.80. The number of H-pyrrole nitrogens is 1. The molecule has 4 rings (SSSR count). The van der Waals surface area contributed by atoms with Gasteiger partial charge in [-0.2, -0.15) is 0 Å². The molecule has 0 aromatic carbocycles. The van der Waals surface area contributed by atoms with E-state index in [1.54, 1.807) is 12.3 Å². The summed E-state index contributed by atoms with van der Waals surface area (Å²) in [5.74, 6) is 0.584. The van der Waals surface area contributed by atoms with Gasteiger partial charge in [0, 0.05) is 55.0 Å². The number of carbonyl (C=O) groups is 1. The summed E-state index contributed by atoms with van der Waals surface area (Å²) in [6.07, 6.45) is 6.91. The van der Waals surface area contributed by atoms with E-state index < -0.39 is 0 Å². The van der Waals surface area contributed by atoms with Gasteiger partial charge in [0.15, 0.2) is 0 Å². The molecule has 2 fully saturated rings. The van der Waals surface area contributed by atoms with Crippen LogP contribution in [0.25, 0.3) is 0 Å². The number of piperidine rings is 1. The number of nitrogens with zero attached hydrogens (tertiary/aromatic N) is 2. The molecule has 4 heterocycles. The standard InChI is InChI=1S/C18H19N3O3/c22-16-9-12(6-8-19-16)18(23)21-13-4-5-14(21)11-15(10-13)24-17-3-1-2-7-20-17/h1-3,6-9,13-15H,4-5,10-11H2,(H,19,22). The second kappa shape index (κ2) is 6.11. The Bertz CT molecular complexity index is 775. The minimum Gasteiger partial charge on any atom is -0.474 e. The zero-order valence-corrected chi connectivity index (χ0v) is 13.2. The highest BCUT2D eigenvalue weighted by atomic mass is 16.5. The second-order valence-electron chi connectivity index (χ2n) is 6.42. The lowest BCUT2D eigenvalue weighted by atomic mass is 9.98. The van der Waals surface area contributed by atoms with Crippen molar-refractivity contribution in [1.82, 2.24) is 14.9 Å². The number of hydrogen-bond donors (Lipinski definition) is 1. The summed E-state index contributed by atoms with van der Waals surface area (Å²) < 4.78 is 5.98. The Morgan fingerprint density at radius 1 is 1.21 bits per heavy atom. The van der Waals surface area contributed by atoms with Crippen LogP contribution in [0.2, 0.25) is 0 Å². The molecule has 6 heteroatoms. The average molecular weight is 325 g/mol. The monoisotopic (exact) mass is 325 g/mol. The number of amides is 1. The normalized spacial score (nSPS) is 25.5. The first-order valence-corrected chi connectivity index (χ1v) is 8.30. The molecule has 0 aliphatic carbocycles. The van der Waals surface area contributed by atoms with Crippen molar-refractivity contribution in [3.63, 3.8) is 0 Å². The Morgan fingerprint density at radius 2 is 2.00 bits per heavy atom. The Morgan fingerprint density at radius 3 is 2.67 bits per heavy atom. The number of carbonyl (C=O) groups excluding carboxylic acids is 1. The van der Waals surface area contributed by atoms with Crippen molar-refractivity contribution in [1.29, 1.82) is 0 Å². The topological polar surface area (TPSA) is 75.3 Å². The minimum absolute atomic E-state index is 0.0510. The largest absolute Gasteiger partial charge is 0.474 e. The van der Waals surface area contributed by atoms with Gasteiger partial charge in [0.25, 0.3) is 5.91 Å². The smallest absolute Gasteiger partial charge is 0.254 e. The van der Waals surface area contributed by atoms with Gasteiger partial charge in [-0.05, 0) is 25.0 Å². The van der Waals surface area contributed by atoms with Gasteiger partial charge in [-0.15, -0.1) is 0 Å². The van der Waals surface area contributed by atoms with Crippen molar-refractivity contribution in [2.45, 2.75) is 43.9 Å². The molecule has 24 heavy (non-hydrogen) atoms. The van der Waals surface area contributed by atoms with Crippen molar-refractivity contribution < 1.29 is 9.53 Å². The predicted octanol–water partition coefficient (Wildman–Crippen LogP) is 1.98. The van der Waals surface area contributed by atoms with Crippen LogP contribution in [-0.4, -0.2) is 39.0 Å². The molecule has 2 unspecified atom stereocenters. The van der Waals surface area contributed by atoms with Gasteiger partial charge in [0.1, 0.15) is 6.10 Å². The van der Waals surface area contributed by atoms with Crippen molar-refractivity contribution in [3.05, 3.63) is 58.6 Å². The summed E-state index contributed by atoms with van der Waals surface area (Å²) in [6, 6.07) is 9.00. The van der Waals surface area contributed by atoms with Crippen LogP contribution in [0.1, 0.15) is 36.0 Å². The number of hydrogen-bond acceptors (Lipinski definition) is 4. The predicted molar refractivity (Wildman–Crippen MR) is 87.9 cm³/mol. The number of aromatic nitrogens is 2. The first kappa shape index (κ1) is 14.9. The molecular weight excluding hydrogens is 306 g/mol. The number of nitrogens with one attached hydrogen (secondary N) is 1. The van der Waals surface area contributed by atoms with E-state index in [1.807, 2.05) is 23.1 Å². The number of rotatable bonds is 3. The quantitative estimate of drug-likeness (QED) is 0.936. The van der Waals surface area contributed by atoms with Crippen LogP contribution in [0.15, 0.2) is 47.5 Å². The van der Waals surface area contributed by atoms with Gasteiger partial charge in [0.05, 0.1) is 0 Å². The fraction of sp³-hybridized carbons (Fsp3) is 0.389. The van der Waals surface area contributed by atoms with Gasteiger partial charge in [-0.1, -0.05) is 6.07 Å². The second-order valence-corrected chi connectivity index (χ2v) is 6.42. The van der Waals surface area contributed by atoms with Crippen LogP contribution in [0.4, 0.5) is 0 Å². The average Bonchev–Trinajstić information content (AvgIpc) is 2.86. The number of pyridine rings is 2. The van der Waals surface area contributed by atoms with E-state index in [2.05, 4.69) is 9.97 Å². The molecule has 6 nitrogen and oxygen atoms in total. The van der Waals surface area contributed by atoms with Crippen molar-refractivity contribution >= 4 is 5.91 Å². The molecule has 2 aromatic heterocycles.